The number of benzene rings is 1. The van der Waals surface area contributed by atoms with Gasteiger partial charge in [-0.2, -0.15) is 5.10 Å². The van der Waals surface area contributed by atoms with Crippen LogP contribution in [0.15, 0.2) is 48.0 Å². The predicted octanol–water partition coefficient (Wildman–Crippen LogP) is 2.82. The van der Waals surface area contributed by atoms with Crippen LogP contribution in [-0.2, 0) is 14.3 Å². The molecule has 4 fully saturated rings. The fourth-order valence-corrected chi connectivity index (χ4v) is 8.21. The van der Waals surface area contributed by atoms with Crippen LogP contribution in [0.1, 0.15) is 61.3 Å². The molecule has 16 nitrogen and oxygen atoms in total. The van der Waals surface area contributed by atoms with Crippen molar-refractivity contribution in [3.8, 4) is 5.75 Å². The van der Waals surface area contributed by atoms with E-state index in [1.807, 2.05) is 15.8 Å². The lowest BCUT2D eigenvalue weighted by molar-refractivity contribution is -0.136. The highest BCUT2D eigenvalue weighted by Crippen LogP contribution is 2.32. The average molecular weight is 746 g/mol. The number of carboxylic acid groups (broad SMARTS) is 1. The molecule has 7 rings (SSSR count). The number of nitrogens with one attached hydrogen (secondary N) is 1. The molecule has 1 aromatic heterocycles. The number of methoxy groups -OCH3 is 1. The van der Waals surface area contributed by atoms with Crippen molar-refractivity contribution in [2.75, 3.05) is 82.4 Å². The van der Waals surface area contributed by atoms with Crippen LogP contribution in [0.4, 0.5) is 16.2 Å². The first-order valence-electron chi connectivity index (χ1n) is 19.2. The number of carbonyl (C=O) groups is 4. The van der Waals surface area contributed by atoms with E-state index in [0.29, 0.717) is 48.7 Å². The lowest BCUT2D eigenvalue weighted by atomic mass is 9.94. The van der Waals surface area contributed by atoms with Crippen LogP contribution in [0.2, 0.25) is 0 Å². The molecule has 0 spiro atoms. The molecule has 5 aliphatic heterocycles. The molecule has 0 radical (unpaired) electrons. The van der Waals surface area contributed by atoms with Gasteiger partial charge in [-0.15, -0.1) is 0 Å². The molecule has 2 N–H and O–H groups in total. The van der Waals surface area contributed by atoms with Crippen LogP contribution in [0.5, 0.6) is 5.75 Å². The summed E-state index contributed by atoms with van der Waals surface area (Å²) < 4.78 is 13.7. The van der Waals surface area contributed by atoms with E-state index in [2.05, 4.69) is 25.2 Å². The summed E-state index contributed by atoms with van der Waals surface area (Å²) in [5.74, 6) is -0.191. The van der Waals surface area contributed by atoms with E-state index in [0.717, 1.165) is 70.6 Å². The maximum absolute atomic E-state index is 13.4. The van der Waals surface area contributed by atoms with Crippen LogP contribution in [0.3, 0.4) is 0 Å². The van der Waals surface area contributed by atoms with Gasteiger partial charge in [-0.3, -0.25) is 29.5 Å². The molecule has 54 heavy (non-hydrogen) atoms. The maximum Gasteiger partial charge on any atom is 0.332 e. The van der Waals surface area contributed by atoms with Crippen molar-refractivity contribution in [1.82, 2.24) is 29.8 Å². The molecule has 1 aromatic carbocycles. The summed E-state index contributed by atoms with van der Waals surface area (Å²) in [7, 11) is 1.51. The first-order valence-corrected chi connectivity index (χ1v) is 19.2. The van der Waals surface area contributed by atoms with E-state index in [4.69, 9.17) is 9.47 Å². The number of urea groups is 1. The second-order valence-corrected chi connectivity index (χ2v) is 14.8. The average Bonchev–Trinajstić information content (AvgIpc) is 3.69. The van der Waals surface area contributed by atoms with Gasteiger partial charge in [-0.25, -0.2) is 9.59 Å². The molecule has 5 aliphatic rings. The number of anilines is 2. The Balaban J connectivity index is 0.780. The highest BCUT2D eigenvalue weighted by molar-refractivity contribution is 6.07. The second-order valence-electron chi connectivity index (χ2n) is 14.8. The normalized spacial score (nSPS) is 22.5. The number of carbonyl (C=O) groups excluding carboxylic acids is 3. The van der Waals surface area contributed by atoms with Crippen molar-refractivity contribution in [2.45, 2.75) is 63.1 Å². The van der Waals surface area contributed by atoms with Crippen LogP contribution >= 0.6 is 0 Å². The molecule has 0 bridgehead atoms. The van der Waals surface area contributed by atoms with Crippen molar-refractivity contribution in [3.05, 3.63) is 48.6 Å². The number of carboxylic acids is 1. The van der Waals surface area contributed by atoms with Crippen molar-refractivity contribution in [2.24, 2.45) is 10.9 Å². The summed E-state index contributed by atoms with van der Waals surface area (Å²) >= 11 is 0. The highest BCUT2D eigenvalue weighted by Gasteiger charge is 2.31. The fraction of sp³-hybridized carbons (Fsp3) is 0.579. The molecule has 0 saturated carbocycles. The van der Waals surface area contributed by atoms with Gasteiger partial charge in [0.25, 0.3) is 5.91 Å². The Hall–Kier alpha value is -4.80. The zero-order valence-corrected chi connectivity index (χ0v) is 30.9. The molecule has 6 heterocycles. The summed E-state index contributed by atoms with van der Waals surface area (Å²) in [5, 5.41) is 16.5. The fourth-order valence-electron chi connectivity index (χ4n) is 8.21. The maximum atomic E-state index is 13.4. The van der Waals surface area contributed by atoms with E-state index in [9.17, 15) is 24.3 Å². The Bertz CT molecular complexity index is 1720. The minimum Gasteiger partial charge on any atom is -0.495 e. The third-order valence-corrected chi connectivity index (χ3v) is 11.4. The van der Waals surface area contributed by atoms with Crippen molar-refractivity contribution in [1.29, 1.82) is 0 Å². The summed E-state index contributed by atoms with van der Waals surface area (Å²) in [6, 6.07) is 4.05. The second kappa shape index (κ2) is 17.1. The molecule has 1 unspecified atom stereocenters. The van der Waals surface area contributed by atoms with Gasteiger partial charge in [-0.05, 0) is 75.7 Å². The minimum atomic E-state index is -0.942. The predicted molar refractivity (Wildman–Crippen MR) is 201 cm³/mol. The number of imide groups is 1. The first kappa shape index (κ1) is 37.5. The molecule has 290 valence electrons. The molecule has 16 heteroatoms. The van der Waals surface area contributed by atoms with Gasteiger partial charge in [-0.1, -0.05) is 0 Å². The largest absolute Gasteiger partial charge is 0.495 e. The van der Waals surface area contributed by atoms with Gasteiger partial charge in [0.1, 0.15) is 5.75 Å². The highest BCUT2D eigenvalue weighted by atomic mass is 16.5. The summed E-state index contributed by atoms with van der Waals surface area (Å²) in [4.78, 5) is 63.3. The number of nitrogens with zero attached hydrogens (tertiary/aromatic N) is 8. The van der Waals surface area contributed by atoms with E-state index in [1.54, 1.807) is 41.7 Å². The SMILES string of the molecule is COc1ccc(C(=O)N2CCC(OCCN3CCC(CN4CCC(n5cc(N6C=CN=CC6C(=O)O)cn5)CC4)CC3)CC2)cc1N1CCC(=O)NC1=O. The third-order valence-electron chi connectivity index (χ3n) is 11.4. The number of aliphatic carboxylic acids is 1. The lowest BCUT2D eigenvalue weighted by Crippen LogP contribution is -2.49. The number of ether oxygens (including phenoxy) is 2. The standard InChI is InChI=1S/C38H51N9O7/c1-53-34-3-2-28(22-32(34)46-18-10-35(48)41-38(46)52)36(49)44-16-8-31(9-17-44)54-21-20-42-12-4-27(5-13-42)25-43-14-6-29(7-15-43)47-26-30(23-40-47)45-19-11-39-24-33(45)37(50)51/h2-3,11,19,22-24,26-27,29,31,33H,4-10,12-18,20-21,25H2,1H3,(H,50,51)(H,41,48,52). The minimum absolute atomic E-state index is 0.0934. The van der Waals surface area contributed by atoms with Crippen molar-refractivity contribution < 1.29 is 33.8 Å². The van der Waals surface area contributed by atoms with E-state index >= 15 is 0 Å². The smallest absolute Gasteiger partial charge is 0.332 e. The lowest BCUT2D eigenvalue weighted by Gasteiger charge is -2.38. The van der Waals surface area contributed by atoms with Gasteiger partial charge in [0.15, 0.2) is 6.04 Å². The zero-order valence-electron chi connectivity index (χ0n) is 30.9. The van der Waals surface area contributed by atoms with Gasteiger partial charge in [0.05, 0.1) is 43.4 Å². The number of aromatic nitrogens is 2. The first-order chi connectivity index (χ1) is 26.2. The molecule has 4 amide bonds. The Labute approximate surface area is 315 Å². The van der Waals surface area contributed by atoms with Gasteiger partial charge in [0.2, 0.25) is 5.91 Å². The number of hydrogen-bond donors (Lipinski definition) is 2. The van der Waals surface area contributed by atoms with Gasteiger partial charge >= 0.3 is 12.0 Å². The molecule has 4 saturated heterocycles. The zero-order chi connectivity index (χ0) is 37.6. The molecule has 0 aliphatic carbocycles. The Morgan fingerprint density at radius 1 is 0.963 bits per heavy atom. The summed E-state index contributed by atoms with van der Waals surface area (Å²) in [5.41, 5.74) is 1.71. The molecule has 1 atom stereocenters. The van der Waals surface area contributed by atoms with Crippen molar-refractivity contribution >= 4 is 41.4 Å². The number of hydrogen-bond acceptors (Lipinski definition) is 11. The monoisotopic (exact) mass is 745 g/mol. The van der Waals surface area contributed by atoms with Crippen LogP contribution in [0, 0.1) is 5.92 Å². The summed E-state index contributed by atoms with van der Waals surface area (Å²) in [6.45, 7) is 8.41. The van der Waals surface area contributed by atoms with E-state index in [1.165, 1.54) is 31.1 Å². The molecular weight excluding hydrogens is 694 g/mol. The quantitative estimate of drug-likeness (QED) is 0.328. The number of likely N-dealkylation sites (tertiary alicyclic amines) is 3. The Morgan fingerprint density at radius 3 is 2.44 bits per heavy atom. The van der Waals surface area contributed by atoms with Gasteiger partial charge < -0.3 is 34.2 Å². The van der Waals surface area contributed by atoms with E-state index < -0.39 is 18.0 Å². The Morgan fingerprint density at radius 2 is 1.72 bits per heavy atom. The topological polar surface area (TPSA) is 165 Å². The van der Waals surface area contributed by atoms with E-state index in [-0.39, 0.29) is 30.9 Å². The molecular formula is C38H51N9O7. The number of piperidine rings is 3. The number of amides is 4. The number of aliphatic imine (C=N–C) groups is 1. The molecule has 2 aromatic rings. The van der Waals surface area contributed by atoms with Crippen LogP contribution in [-0.4, -0.2) is 144 Å². The van der Waals surface area contributed by atoms with Gasteiger partial charge in [0, 0.05) is 82.6 Å². The Kier molecular flexibility index (Phi) is 11.9. The van der Waals surface area contributed by atoms with Crippen LogP contribution < -0.4 is 19.9 Å². The summed E-state index contributed by atoms with van der Waals surface area (Å²) in [6.07, 6.45) is 14.7. The van der Waals surface area contributed by atoms with Crippen LogP contribution in [0.25, 0.3) is 0 Å². The van der Waals surface area contributed by atoms with Crippen molar-refractivity contribution in [3.63, 3.8) is 0 Å². The number of rotatable bonds is 12. The third kappa shape index (κ3) is 8.77.